The van der Waals surface area contributed by atoms with Gasteiger partial charge in [-0.05, 0) is 27.7 Å². The number of nitrogens with zero attached hydrogens (tertiary/aromatic N) is 2. The van der Waals surface area contributed by atoms with Crippen molar-refractivity contribution in [2.24, 2.45) is 4.99 Å². The van der Waals surface area contributed by atoms with E-state index in [0.29, 0.717) is 5.71 Å². The average molecular weight is 498 g/mol. The number of carbonyl (C=O) groups excluding carboxylic acids is 1. The molecule has 1 aromatic heterocycles. The Morgan fingerprint density at radius 3 is 2.08 bits per heavy atom. The summed E-state index contributed by atoms with van der Waals surface area (Å²) in [5.41, 5.74) is 0.514. The molecule has 0 unspecified atom stereocenters. The first-order chi connectivity index (χ1) is 17.0. The van der Waals surface area contributed by atoms with Crippen LogP contribution in [0.5, 0.6) is 5.75 Å². The largest absolute Gasteiger partial charge is 0.486 e. The molecule has 2 aromatic carbocycles. The van der Waals surface area contributed by atoms with Gasteiger partial charge in [-0.25, -0.2) is 9.79 Å². The summed E-state index contributed by atoms with van der Waals surface area (Å²) in [6.45, 7) is 3.59. The second-order valence-electron chi connectivity index (χ2n) is 9.10. The summed E-state index contributed by atoms with van der Waals surface area (Å²) in [5, 5.41) is 2.58. The number of hydrogen-bond donors (Lipinski definition) is 1. The van der Waals surface area contributed by atoms with Gasteiger partial charge >= 0.3 is 12.6 Å². The fraction of sp³-hybridized carbons (Fsp3) is 0.296. The van der Waals surface area contributed by atoms with Gasteiger partial charge in [-0.15, -0.1) is 0 Å². The molecule has 0 saturated heterocycles. The summed E-state index contributed by atoms with van der Waals surface area (Å²) >= 11 is 0. The molecule has 0 aliphatic carbocycles. The van der Waals surface area contributed by atoms with Crippen LogP contribution in [0, 0.1) is 0 Å². The number of halogens is 2. The van der Waals surface area contributed by atoms with Crippen LogP contribution >= 0.6 is 0 Å². The first-order valence-corrected chi connectivity index (χ1v) is 11.4. The van der Waals surface area contributed by atoms with Gasteiger partial charge in [0.05, 0.1) is 17.4 Å². The predicted octanol–water partition coefficient (Wildman–Crippen LogP) is 5.70. The number of aromatic nitrogens is 1. The highest BCUT2D eigenvalue weighted by Gasteiger charge is 2.19. The third-order valence-electron chi connectivity index (χ3n) is 4.79. The van der Waals surface area contributed by atoms with Crippen molar-refractivity contribution >= 4 is 17.5 Å². The Morgan fingerprint density at radius 2 is 1.58 bits per heavy atom. The van der Waals surface area contributed by atoms with Gasteiger partial charge in [0.15, 0.2) is 5.75 Å². The van der Waals surface area contributed by atoms with Gasteiger partial charge in [0.25, 0.3) is 5.56 Å². The SMILES string of the molecule is C[C@H](COc1cc(N=C(c2ccccc2)c2ccccc2)cn(C(F)F)c1=O)NC(=O)OC(C)(C)C. The molecule has 0 aliphatic heterocycles. The van der Waals surface area contributed by atoms with E-state index in [4.69, 9.17) is 9.47 Å². The zero-order valence-corrected chi connectivity index (χ0v) is 20.6. The zero-order chi connectivity index (χ0) is 26.3. The van der Waals surface area contributed by atoms with Crippen molar-refractivity contribution < 1.29 is 23.0 Å². The standard InChI is InChI=1S/C27H29F2N3O4/c1-18(30-26(34)36-27(2,3)4)17-35-22-15-21(16-32(24(22)33)25(28)29)31-23(19-11-7-5-8-12-19)20-13-9-6-10-14-20/h5-16,18,25H,17H2,1-4H3,(H,30,34)/t18-/m1/s1. The normalized spacial score (nSPS) is 12.1. The zero-order valence-electron chi connectivity index (χ0n) is 20.6. The minimum atomic E-state index is -3.09. The summed E-state index contributed by atoms with van der Waals surface area (Å²) < 4.78 is 38.4. The number of rotatable bonds is 8. The molecule has 0 fully saturated rings. The first kappa shape index (κ1) is 26.6. The van der Waals surface area contributed by atoms with Crippen LogP contribution in [0.1, 0.15) is 45.4 Å². The molecule has 1 N–H and O–H groups in total. The lowest BCUT2D eigenvalue weighted by Gasteiger charge is -2.22. The van der Waals surface area contributed by atoms with E-state index in [1.807, 2.05) is 60.7 Å². The van der Waals surface area contributed by atoms with Gasteiger partial charge in [-0.2, -0.15) is 8.78 Å². The van der Waals surface area contributed by atoms with Crippen molar-refractivity contribution in [3.8, 4) is 5.75 Å². The van der Waals surface area contributed by atoms with Gasteiger partial charge in [0.2, 0.25) is 0 Å². The average Bonchev–Trinajstić information content (AvgIpc) is 2.82. The van der Waals surface area contributed by atoms with Crippen molar-refractivity contribution in [1.82, 2.24) is 9.88 Å². The number of nitrogens with one attached hydrogen (secondary N) is 1. The molecule has 9 heteroatoms. The van der Waals surface area contributed by atoms with E-state index in [2.05, 4.69) is 10.3 Å². The van der Waals surface area contributed by atoms with Gasteiger partial charge in [-0.1, -0.05) is 60.7 Å². The molecule has 190 valence electrons. The van der Waals surface area contributed by atoms with Crippen LogP contribution in [0.15, 0.2) is 82.7 Å². The number of pyridine rings is 1. The van der Waals surface area contributed by atoms with Crippen LogP contribution in [0.25, 0.3) is 0 Å². The van der Waals surface area contributed by atoms with Crippen LogP contribution in [-0.4, -0.2) is 34.6 Å². The fourth-order valence-electron chi connectivity index (χ4n) is 3.25. The fourth-order valence-corrected chi connectivity index (χ4v) is 3.25. The number of carbonyl (C=O) groups is 1. The molecule has 3 aromatic rings. The highest BCUT2D eigenvalue weighted by Crippen LogP contribution is 2.23. The smallest absolute Gasteiger partial charge is 0.407 e. The molecule has 7 nitrogen and oxygen atoms in total. The number of alkyl carbamates (subject to hydrolysis) is 1. The Balaban J connectivity index is 1.93. The van der Waals surface area contributed by atoms with Crippen LogP contribution < -0.4 is 15.6 Å². The molecule has 0 saturated carbocycles. The van der Waals surface area contributed by atoms with Crippen molar-refractivity contribution in [3.63, 3.8) is 0 Å². The Hall–Kier alpha value is -4.01. The van der Waals surface area contributed by atoms with E-state index < -0.39 is 29.8 Å². The molecule has 3 rings (SSSR count). The van der Waals surface area contributed by atoms with Gasteiger partial charge in [-0.3, -0.25) is 9.36 Å². The lowest BCUT2D eigenvalue weighted by atomic mass is 10.0. The summed E-state index contributed by atoms with van der Waals surface area (Å²) in [4.78, 5) is 29.2. The molecule has 1 heterocycles. The number of amides is 1. The van der Waals surface area contributed by atoms with E-state index in [1.165, 1.54) is 6.07 Å². The monoisotopic (exact) mass is 497 g/mol. The van der Waals surface area contributed by atoms with E-state index in [-0.39, 0.29) is 22.6 Å². The summed E-state index contributed by atoms with van der Waals surface area (Å²) in [5.74, 6) is -0.310. The van der Waals surface area contributed by atoms with Gasteiger partial charge in [0, 0.05) is 23.4 Å². The molecule has 36 heavy (non-hydrogen) atoms. The van der Waals surface area contributed by atoms with Crippen LogP contribution in [0.3, 0.4) is 0 Å². The van der Waals surface area contributed by atoms with Crippen molar-refractivity contribution in [2.45, 2.75) is 45.9 Å². The molecule has 0 radical (unpaired) electrons. The highest BCUT2D eigenvalue weighted by molar-refractivity contribution is 6.13. The number of alkyl halides is 2. The molecular weight excluding hydrogens is 468 g/mol. The van der Waals surface area contributed by atoms with E-state index in [0.717, 1.165) is 17.3 Å². The van der Waals surface area contributed by atoms with E-state index in [9.17, 15) is 18.4 Å². The van der Waals surface area contributed by atoms with Crippen LogP contribution in [0.2, 0.25) is 0 Å². The predicted molar refractivity (Wildman–Crippen MR) is 134 cm³/mol. The maximum atomic E-state index is 13.7. The number of ether oxygens (including phenoxy) is 2. The maximum absolute atomic E-state index is 13.7. The lowest BCUT2D eigenvalue weighted by Crippen LogP contribution is -2.40. The number of aliphatic imine (C=N–C) groups is 1. The van der Waals surface area contributed by atoms with Crippen molar-refractivity contribution in [1.29, 1.82) is 0 Å². The Labute approximate surface area is 208 Å². The first-order valence-electron chi connectivity index (χ1n) is 11.4. The van der Waals surface area contributed by atoms with Gasteiger partial charge < -0.3 is 14.8 Å². The second kappa shape index (κ2) is 11.6. The van der Waals surface area contributed by atoms with Crippen LogP contribution in [-0.2, 0) is 4.74 Å². The molecular formula is C27H29F2N3O4. The van der Waals surface area contributed by atoms with Crippen molar-refractivity contribution in [3.05, 3.63) is 94.4 Å². The number of hydrogen-bond acceptors (Lipinski definition) is 5. The topological polar surface area (TPSA) is 81.9 Å². The Morgan fingerprint density at radius 1 is 1.03 bits per heavy atom. The maximum Gasteiger partial charge on any atom is 0.407 e. The third kappa shape index (κ3) is 7.49. The molecule has 1 amide bonds. The number of benzene rings is 2. The second-order valence-corrected chi connectivity index (χ2v) is 9.10. The van der Waals surface area contributed by atoms with E-state index in [1.54, 1.807) is 27.7 Å². The van der Waals surface area contributed by atoms with Crippen molar-refractivity contribution in [2.75, 3.05) is 6.61 Å². The van der Waals surface area contributed by atoms with Crippen LogP contribution in [0.4, 0.5) is 19.3 Å². The molecule has 0 aliphatic rings. The van der Waals surface area contributed by atoms with E-state index >= 15 is 0 Å². The molecule has 1 atom stereocenters. The summed E-state index contributed by atoms with van der Waals surface area (Å²) in [6, 6.07) is 19.3. The third-order valence-corrected chi connectivity index (χ3v) is 4.79. The Kier molecular flexibility index (Phi) is 8.58. The summed E-state index contributed by atoms with van der Waals surface area (Å²) in [6.07, 6.45) is 0.339. The lowest BCUT2D eigenvalue weighted by molar-refractivity contribution is 0.0493. The quantitative estimate of drug-likeness (QED) is 0.405. The minimum Gasteiger partial charge on any atom is -0.486 e. The minimum absolute atomic E-state index is 0.111. The highest BCUT2D eigenvalue weighted by atomic mass is 19.3. The Bertz CT molecular complexity index is 1210. The molecule has 0 spiro atoms. The molecule has 0 bridgehead atoms. The summed E-state index contributed by atoms with van der Waals surface area (Å²) in [7, 11) is 0. The van der Waals surface area contributed by atoms with Gasteiger partial charge in [0.1, 0.15) is 12.2 Å².